The number of anilines is 2. The Morgan fingerprint density at radius 2 is 1.58 bits per heavy atom. The summed E-state index contributed by atoms with van der Waals surface area (Å²) < 4.78 is 38.7. The van der Waals surface area contributed by atoms with Gasteiger partial charge in [-0.3, -0.25) is 9.52 Å². The molecule has 0 bridgehead atoms. The van der Waals surface area contributed by atoms with Crippen LogP contribution in [0.2, 0.25) is 0 Å². The van der Waals surface area contributed by atoms with Crippen LogP contribution in [0.5, 0.6) is 11.5 Å². The molecule has 0 saturated carbocycles. The van der Waals surface area contributed by atoms with E-state index in [0.717, 1.165) is 5.56 Å². The van der Waals surface area contributed by atoms with Crippen LogP contribution in [-0.2, 0) is 10.0 Å². The minimum atomic E-state index is -3.80. The number of amides is 1. The fraction of sp³-hybridized carbons (Fsp3) is 0.174. The Morgan fingerprint density at radius 1 is 0.839 bits per heavy atom. The van der Waals surface area contributed by atoms with E-state index in [-0.39, 0.29) is 10.8 Å². The van der Waals surface area contributed by atoms with Crippen molar-refractivity contribution in [2.24, 2.45) is 0 Å². The van der Waals surface area contributed by atoms with Gasteiger partial charge in [0.1, 0.15) is 0 Å². The van der Waals surface area contributed by atoms with Crippen LogP contribution in [0.25, 0.3) is 0 Å². The van der Waals surface area contributed by atoms with Gasteiger partial charge < -0.3 is 14.8 Å². The highest BCUT2D eigenvalue weighted by Crippen LogP contribution is 2.30. The SMILES string of the molecule is COc1ccc(NC(=O)c2cccc(NS(=O)(=O)c3cc(C)ccc3C)c2)cc1OC. The molecule has 31 heavy (non-hydrogen) atoms. The number of rotatable bonds is 7. The molecule has 0 atom stereocenters. The second kappa shape index (κ2) is 9.09. The van der Waals surface area contributed by atoms with Gasteiger partial charge in [-0.25, -0.2) is 8.42 Å². The van der Waals surface area contributed by atoms with Crippen LogP contribution in [0, 0.1) is 13.8 Å². The maximum Gasteiger partial charge on any atom is 0.262 e. The molecule has 0 radical (unpaired) electrons. The molecule has 1 amide bonds. The third kappa shape index (κ3) is 5.16. The summed E-state index contributed by atoms with van der Waals surface area (Å²) in [7, 11) is -0.759. The normalized spacial score (nSPS) is 11.0. The molecule has 0 aliphatic rings. The Labute approximate surface area is 182 Å². The number of sulfonamides is 1. The number of aryl methyl sites for hydroxylation is 2. The number of benzene rings is 3. The van der Waals surface area contributed by atoms with E-state index in [1.165, 1.54) is 20.3 Å². The zero-order valence-corrected chi connectivity index (χ0v) is 18.5. The smallest absolute Gasteiger partial charge is 0.262 e. The first-order valence-electron chi connectivity index (χ1n) is 9.47. The Hall–Kier alpha value is -3.52. The number of methoxy groups -OCH3 is 2. The second-order valence-corrected chi connectivity index (χ2v) is 8.63. The van der Waals surface area contributed by atoms with Gasteiger partial charge in [0, 0.05) is 23.0 Å². The van der Waals surface area contributed by atoms with Gasteiger partial charge in [0.2, 0.25) is 0 Å². The third-order valence-corrected chi connectivity index (χ3v) is 6.17. The number of carbonyl (C=O) groups is 1. The van der Waals surface area contributed by atoms with Gasteiger partial charge >= 0.3 is 0 Å². The van der Waals surface area contributed by atoms with E-state index in [9.17, 15) is 13.2 Å². The minimum absolute atomic E-state index is 0.202. The lowest BCUT2D eigenvalue weighted by Crippen LogP contribution is -2.16. The quantitative estimate of drug-likeness (QED) is 0.569. The first kappa shape index (κ1) is 22.2. The molecule has 7 nitrogen and oxygen atoms in total. The second-order valence-electron chi connectivity index (χ2n) is 6.98. The molecule has 0 fully saturated rings. The fourth-order valence-electron chi connectivity index (χ4n) is 3.05. The van der Waals surface area contributed by atoms with Crippen molar-refractivity contribution < 1.29 is 22.7 Å². The summed E-state index contributed by atoms with van der Waals surface area (Å²) >= 11 is 0. The van der Waals surface area contributed by atoms with Crippen LogP contribution in [0.1, 0.15) is 21.5 Å². The molecule has 3 aromatic carbocycles. The molecule has 0 aliphatic heterocycles. The number of ether oxygens (including phenoxy) is 2. The van der Waals surface area contributed by atoms with Crippen molar-refractivity contribution in [1.82, 2.24) is 0 Å². The minimum Gasteiger partial charge on any atom is -0.493 e. The molecule has 0 unspecified atom stereocenters. The summed E-state index contributed by atoms with van der Waals surface area (Å²) in [5.41, 5.74) is 2.59. The van der Waals surface area contributed by atoms with E-state index >= 15 is 0 Å². The molecule has 3 aromatic rings. The van der Waals surface area contributed by atoms with Crippen molar-refractivity contribution in [2.45, 2.75) is 18.7 Å². The molecule has 162 valence electrons. The molecular weight excluding hydrogens is 416 g/mol. The van der Waals surface area contributed by atoms with Crippen molar-refractivity contribution in [3.63, 3.8) is 0 Å². The van der Waals surface area contributed by atoms with Crippen LogP contribution >= 0.6 is 0 Å². The fourth-order valence-corrected chi connectivity index (χ4v) is 4.43. The van der Waals surface area contributed by atoms with Crippen LogP contribution in [-0.4, -0.2) is 28.5 Å². The largest absolute Gasteiger partial charge is 0.493 e. The topological polar surface area (TPSA) is 93.7 Å². The van der Waals surface area contributed by atoms with Gasteiger partial charge in [-0.15, -0.1) is 0 Å². The standard InChI is InChI=1S/C23H24N2O5S/c1-15-8-9-16(2)22(12-15)31(27,28)25-19-7-5-6-17(13-19)23(26)24-18-10-11-20(29-3)21(14-18)30-4/h5-14,25H,1-4H3,(H,24,26). The Balaban J connectivity index is 1.81. The molecule has 8 heteroatoms. The van der Waals surface area contributed by atoms with Gasteiger partial charge in [-0.05, 0) is 61.4 Å². The first-order chi connectivity index (χ1) is 14.7. The molecule has 2 N–H and O–H groups in total. The van der Waals surface area contributed by atoms with Gasteiger partial charge in [0.05, 0.1) is 19.1 Å². The summed E-state index contributed by atoms with van der Waals surface area (Å²) in [6.07, 6.45) is 0. The number of hydrogen-bond acceptors (Lipinski definition) is 5. The summed E-state index contributed by atoms with van der Waals surface area (Å²) in [5.74, 6) is 0.638. The summed E-state index contributed by atoms with van der Waals surface area (Å²) in [6, 6.07) is 16.5. The molecule has 0 spiro atoms. The Morgan fingerprint density at radius 3 is 2.29 bits per heavy atom. The van der Waals surface area contributed by atoms with E-state index < -0.39 is 10.0 Å². The number of nitrogens with one attached hydrogen (secondary N) is 2. The van der Waals surface area contributed by atoms with Crippen molar-refractivity contribution in [1.29, 1.82) is 0 Å². The van der Waals surface area contributed by atoms with Gasteiger partial charge in [0.25, 0.3) is 15.9 Å². The third-order valence-electron chi connectivity index (χ3n) is 4.65. The molecular formula is C23H24N2O5S. The molecule has 0 aromatic heterocycles. The van der Waals surface area contributed by atoms with Gasteiger partial charge in [0.15, 0.2) is 11.5 Å². The van der Waals surface area contributed by atoms with Crippen molar-refractivity contribution >= 4 is 27.3 Å². The zero-order chi connectivity index (χ0) is 22.6. The summed E-state index contributed by atoms with van der Waals surface area (Å²) in [4.78, 5) is 12.9. The van der Waals surface area contributed by atoms with E-state index in [4.69, 9.17) is 9.47 Å². The van der Waals surface area contributed by atoms with E-state index in [1.54, 1.807) is 55.5 Å². The van der Waals surface area contributed by atoms with Gasteiger partial charge in [-0.2, -0.15) is 0 Å². The maximum atomic E-state index is 12.8. The van der Waals surface area contributed by atoms with Crippen molar-refractivity contribution in [2.75, 3.05) is 24.3 Å². The monoisotopic (exact) mass is 440 g/mol. The predicted octanol–water partition coefficient (Wildman–Crippen LogP) is 4.37. The molecule has 3 rings (SSSR count). The Kier molecular flexibility index (Phi) is 6.50. The molecule has 0 saturated heterocycles. The average molecular weight is 441 g/mol. The highest BCUT2D eigenvalue weighted by molar-refractivity contribution is 7.92. The maximum absolute atomic E-state index is 12.8. The van der Waals surface area contributed by atoms with Crippen LogP contribution in [0.4, 0.5) is 11.4 Å². The highest BCUT2D eigenvalue weighted by atomic mass is 32.2. The van der Waals surface area contributed by atoms with Crippen LogP contribution < -0.4 is 19.5 Å². The summed E-state index contributed by atoms with van der Waals surface area (Å²) in [5, 5.41) is 2.77. The predicted molar refractivity (Wildman–Crippen MR) is 121 cm³/mol. The van der Waals surface area contributed by atoms with E-state index in [0.29, 0.717) is 34.0 Å². The van der Waals surface area contributed by atoms with Crippen LogP contribution in [0.3, 0.4) is 0 Å². The first-order valence-corrected chi connectivity index (χ1v) is 11.0. The van der Waals surface area contributed by atoms with Crippen LogP contribution in [0.15, 0.2) is 65.6 Å². The molecule has 0 aliphatic carbocycles. The zero-order valence-electron chi connectivity index (χ0n) is 17.7. The average Bonchev–Trinajstić information content (AvgIpc) is 2.75. The lowest BCUT2D eigenvalue weighted by atomic mass is 10.2. The van der Waals surface area contributed by atoms with Crippen molar-refractivity contribution in [3.8, 4) is 11.5 Å². The lowest BCUT2D eigenvalue weighted by molar-refractivity contribution is 0.102. The number of hydrogen-bond donors (Lipinski definition) is 2. The lowest BCUT2D eigenvalue weighted by Gasteiger charge is -2.13. The number of carbonyl (C=O) groups excluding carboxylic acids is 1. The van der Waals surface area contributed by atoms with Gasteiger partial charge in [-0.1, -0.05) is 18.2 Å². The highest BCUT2D eigenvalue weighted by Gasteiger charge is 2.18. The Bertz CT molecular complexity index is 1220. The van der Waals surface area contributed by atoms with Crippen molar-refractivity contribution in [3.05, 3.63) is 77.4 Å². The van der Waals surface area contributed by atoms with E-state index in [1.807, 2.05) is 13.0 Å². The van der Waals surface area contributed by atoms with E-state index in [2.05, 4.69) is 10.0 Å². The molecule has 0 heterocycles. The summed E-state index contributed by atoms with van der Waals surface area (Å²) in [6.45, 7) is 3.57.